The van der Waals surface area contributed by atoms with Gasteiger partial charge in [0.2, 0.25) is 5.75 Å². The molecule has 1 unspecified atom stereocenters. The monoisotopic (exact) mass is 346 g/mol. The summed E-state index contributed by atoms with van der Waals surface area (Å²) in [6.07, 6.45) is -1.12. The Hall–Kier alpha value is -3.29. The molecule has 7 nitrogen and oxygen atoms in total. The second-order valence-electron chi connectivity index (χ2n) is 5.26. The lowest BCUT2D eigenvalue weighted by atomic mass is 10.1. The zero-order valence-electron chi connectivity index (χ0n) is 13.5. The molecule has 2 rings (SSSR count). The number of hydrogen-bond acceptors (Lipinski definition) is 5. The topological polar surface area (TPSA) is 98.5 Å². The molecule has 2 aromatic carbocycles. The maximum absolute atomic E-state index is 13.3. The SMILES string of the molecule is CC(=O)c1cccc(NC(=O)C(C)Oc2cc(F)ccc2[N+](=O)[O-])c1. The molecule has 2 aromatic rings. The van der Waals surface area contributed by atoms with Gasteiger partial charge in [-0.25, -0.2) is 4.39 Å². The van der Waals surface area contributed by atoms with Crippen molar-refractivity contribution in [3.05, 3.63) is 64.0 Å². The molecule has 1 atom stereocenters. The minimum absolute atomic E-state index is 0.157. The molecule has 0 aromatic heterocycles. The van der Waals surface area contributed by atoms with Crippen LogP contribution in [0, 0.1) is 15.9 Å². The number of ether oxygens (including phenoxy) is 1. The van der Waals surface area contributed by atoms with Crippen LogP contribution in [0.15, 0.2) is 42.5 Å². The van der Waals surface area contributed by atoms with Gasteiger partial charge in [0.05, 0.1) is 4.92 Å². The molecule has 1 N–H and O–H groups in total. The number of halogens is 1. The average molecular weight is 346 g/mol. The number of nitro groups is 1. The van der Waals surface area contributed by atoms with E-state index in [4.69, 9.17) is 4.74 Å². The van der Waals surface area contributed by atoms with Crippen molar-refractivity contribution < 1.29 is 23.6 Å². The molecule has 0 aliphatic heterocycles. The van der Waals surface area contributed by atoms with E-state index in [1.807, 2.05) is 0 Å². The molecular formula is C17H15FN2O5. The van der Waals surface area contributed by atoms with E-state index in [0.29, 0.717) is 11.3 Å². The molecular weight excluding hydrogens is 331 g/mol. The highest BCUT2D eigenvalue weighted by atomic mass is 19.1. The van der Waals surface area contributed by atoms with Crippen LogP contribution >= 0.6 is 0 Å². The summed E-state index contributed by atoms with van der Waals surface area (Å²) in [4.78, 5) is 33.8. The Morgan fingerprint density at radius 2 is 1.96 bits per heavy atom. The molecule has 130 valence electrons. The number of anilines is 1. The van der Waals surface area contributed by atoms with Crippen LogP contribution in [0.5, 0.6) is 5.75 Å². The van der Waals surface area contributed by atoms with Crippen molar-refractivity contribution >= 4 is 23.1 Å². The van der Waals surface area contributed by atoms with Gasteiger partial charge in [-0.3, -0.25) is 19.7 Å². The maximum Gasteiger partial charge on any atom is 0.311 e. The molecule has 0 saturated carbocycles. The first-order chi connectivity index (χ1) is 11.8. The van der Waals surface area contributed by atoms with Crippen molar-refractivity contribution in [3.8, 4) is 5.75 Å². The van der Waals surface area contributed by atoms with Crippen molar-refractivity contribution in [3.63, 3.8) is 0 Å². The summed E-state index contributed by atoms with van der Waals surface area (Å²) < 4.78 is 18.5. The number of nitro benzene ring substituents is 1. The van der Waals surface area contributed by atoms with Crippen LogP contribution in [-0.4, -0.2) is 22.7 Å². The number of ketones is 1. The normalized spacial score (nSPS) is 11.5. The molecule has 0 saturated heterocycles. The van der Waals surface area contributed by atoms with Crippen LogP contribution in [0.2, 0.25) is 0 Å². The van der Waals surface area contributed by atoms with Gasteiger partial charge >= 0.3 is 5.69 Å². The summed E-state index contributed by atoms with van der Waals surface area (Å²) in [6, 6.07) is 9.04. The molecule has 1 amide bonds. The summed E-state index contributed by atoms with van der Waals surface area (Å²) in [5, 5.41) is 13.5. The van der Waals surface area contributed by atoms with Gasteiger partial charge in [0.1, 0.15) is 5.82 Å². The largest absolute Gasteiger partial charge is 0.474 e. The first-order valence-electron chi connectivity index (χ1n) is 7.30. The second kappa shape index (κ2) is 7.52. The standard InChI is InChI=1S/C17H15FN2O5/c1-10(21)12-4-3-5-14(8-12)19-17(22)11(2)25-16-9-13(18)6-7-15(16)20(23)24/h3-9,11H,1-2H3,(H,19,22). The van der Waals surface area contributed by atoms with Crippen LogP contribution in [0.1, 0.15) is 24.2 Å². The van der Waals surface area contributed by atoms with Gasteiger partial charge in [-0.1, -0.05) is 12.1 Å². The Morgan fingerprint density at radius 1 is 1.24 bits per heavy atom. The third-order valence-electron chi connectivity index (χ3n) is 3.33. The number of amides is 1. The first kappa shape index (κ1) is 18.1. The second-order valence-corrected chi connectivity index (χ2v) is 5.26. The molecule has 0 heterocycles. The van der Waals surface area contributed by atoms with Crippen LogP contribution in [0.3, 0.4) is 0 Å². The van der Waals surface area contributed by atoms with Gasteiger partial charge < -0.3 is 10.1 Å². The number of nitrogens with one attached hydrogen (secondary N) is 1. The van der Waals surface area contributed by atoms with E-state index in [1.165, 1.54) is 19.9 Å². The van der Waals surface area contributed by atoms with E-state index in [0.717, 1.165) is 18.2 Å². The van der Waals surface area contributed by atoms with E-state index < -0.39 is 28.4 Å². The summed E-state index contributed by atoms with van der Waals surface area (Å²) in [5.41, 5.74) is 0.355. The molecule has 0 aliphatic rings. The lowest BCUT2D eigenvalue weighted by Gasteiger charge is -2.15. The van der Waals surface area contributed by atoms with Gasteiger partial charge in [-0.15, -0.1) is 0 Å². The fraction of sp³-hybridized carbons (Fsp3) is 0.176. The van der Waals surface area contributed by atoms with Crippen molar-refractivity contribution in [1.82, 2.24) is 0 Å². The Labute approximate surface area is 142 Å². The Bertz CT molecular complexity index is 838. The van der Waals surface area contributed by atoms with Crippen molar-refractivity contribution in [1.29, 1.82) is 0 Å². The Kier molecular flexibility index (Phi) is 5.43. The number of carbonyl (C=O) groups excluding carboxylic acids is 2. The van der Waals surface area contributed by atoms with E-state index in [-0.39, 0.29) is 11.5 Å². The van der Waals surface area contributed by atoms with Crippen LogP contribution in [0.25, 0.3) is 0 Å². The quantitative estimate of drug-likeness (QED) is 0.491. The molecule has 0 spiro atoms. The van der Waals surface area contributed by atoms with Gasteiger partial charge in [-0.2, -0.15) is 0 Å². The van der Waals surface area contributed by atoms with E-state index >= 15 is 0 Å². The molecule has 0 radical (unpaired) electrons. The first-order valence-corrected chi connectivity index (χ1v) is 7.30. The highest BCUT2D eigenvalue weighted by molar-refractivity contribution is 5.98. The lowest BCUT2D eigenvalue weighted by molar-refractivity contribution is -0.386. The number of carbonyl (C=O) groups is 2. The number of Topliss-reactive ketones (excluding diaryl/α,β-unsaturated/α-hetero) is 1. The number of rotatable bonds is 6. The Morgan fingerprint density at radius 3 is 2.60 bits per heavy atom. The van der Waals surface area contributed by atoms with Crippen molar-refractivity contribution in [2.24, 2.45) is 0 Å². The lowest BCUT2D eigenvalue weighted by Crippen LogP contribution is -2.30. The van der Waals surface area contributed by atoms with E-state index in [1.54, 1.807) is 18.2 Å². The predicted octanol–water partition coefficient (Wildman–Crippen LogP) is 3.34. The number of nitrogens with zero attached hydrogens (tertiary/aromatic N) is 1. The average Bonchev–Trinajstić information content (AvgIpc) is 2.54. The molecule has 8 heteroatoms. The van der Waals surface area contributed by atoms with Crippen LogP contribution in [0.4, 0.5) is 15.8 Å². The highest BCUT2D eigenvalue weighted by Crippen LogP contribution is 2.28. The fourth-order valence-corrected chi connectivity index (χ4v) is 2.04. The third-order valence-corrected chi connectivity index (χ3v) is 3.33. The number of benzene rings is 2. The zero-order valence-corrected chi connectivity index (χ0v) is 13.5. The van der Waals surface area contributed by atoms with Gasteiger partial charge in [0, 0.05) is 23.4 Å². The zero-order chi connectivity index (χ0) is 18.6. The van der Waals surface area contributed by atoms with Crippen LogP contribution < -0.4 is 10.1 Å². The summed E-state index contributed by atoms with van der Waals surface area (Å²) in [7, 11) is 0. The molecule has 0 fully saturated rings. The number of hydrogen-bond donors (Lipinski definition) is 1. The molecule has 25 heavy (non-hydrogen) atoms. The molecule has 0 bridgehead atoms. The Balaban J connectivity index is 2.13. The van der Waals surface area contributed by atoms with Gasteiger partial charge in [0.25, 0.3) is 5.91 Å². The predicted molar refractivity (Wildman–Crippen MR) is 88.2 cm³/mol. The third kappa shape index (κ3) is 4.60. The van der Waals surface area contributed by atoms with Crippen molar-refractivity contribution in [2.45, 2.75) is 20.0 Å². The summed E-state index contributed by atoms with van der Waals surface area (Å²) in [5.74, 6) is -1.82. The summed E-state index contributed by atoms with van der Waals surface area (Å²) >= 11 is 0. The fourth-order valence-electron chi connectivity index (χ4n) is 2.04. The van der Waals surface area contributed by atoms with Gasteiger partial charge in [-0.05, 0) is 32.0 Å². The van der Waals surface area contributed by atoms with Crippen LogP contribution in [-0.2, 0) is 4.79 Å². The maximum atomic E-state index is 13.3. The molecule has 0 aliphatic carbocycles. The van der Waals surface area contributed by atoms with E-state index in [9.17, 15) is 24.1 Å². The van der Waals surface area contributed by atoms with Gasteiger partial charge in [0.15, 0.2) is 11.9 Å². The highest BCUT2D eigenvalue weighted by Gasteiger charge is 2.22. The minimum atomic E-state index is -1.12. The van der Waals surface area contributed by atoms with E-state index in [2.05, 4.69) is 5.32 Å². The van der Waals surface area contributed by atoms with Crippen molar-refractivity contribution in [2.75, 3.05) is 5.32 Å². The smallest absolute Gasteiger partial charge is 0.311 e. The summed E-state index contributed by atoms with van der Waals surface area (Å²) in [6.45, 7) is 2.77. The minimum Gasteiger partial charge on any atom is -0.474 e.